The molecule has 1 saturated heterocycles. The maximum atomic E-state index is 11.9. The zero-order valence-corrected chi connectivity index (χ0v) is 11.8. The zero-order valence-electron chi connectivity index (χ0n) is 11.8. The van der Waals surface area contributed by atoms with Crippen LogP contribution in [0.3, 0.4) is 0 Å². The van der Waals surface area contributed by atoms with Crippen molar-refractivity contribution in [2.45, 2.75) is 63.5 Å². The summed E-state index contributed by atoms with van der Waals surface area (Å²) in [4.78, 5) is 25.0. The van der Waals surface area contributed by atoms with Crippen molar-refractivity contribution < 1.29 is 9.59 Å². The molecule has 0 aromatic heterocycles. The van der Waals surface area contributed by atoms with E-state index >= 15 is 0 Å². The minimum absolute atomic E-state index is 0.0361. The molecular weight excluding hydrogens is 242 g/mol. The molecule has 2 rings (SSSR count). The van der Waals surface area contributed by atoms with E-state index in [1.54, 1.807) is 11.9 Å². The average molecular weight is 267 g/mol. The molecule has 0 spiro atoms. The number of hydrogen-bond donors (Lipinski definition) is 2. The Hall–Kier alpha value is -1.26. The Labute approximate surface area is 115 Å². The minimum atomic E-state index is -0.112. The lowest BCUT2D eigenvalue weighted by Crippen LogP contribution is -2.47. The number of amides is 3. The van der Waals surface area contributed by atoms with Crippen LogP contribution >= 0.6 is 0 Å². The Morgan fingerprint density at radius 2 is 1.63 bits per heavy atom. The second-order valence-electron chi connectivity index (χ2n) is 5.84. The highest BCUT2D eigenvalue weighted by Crippen LogP contribution is 2.17. The van der Waals surface area contributed by atoms with Crippen molar-refractivity contribution in [1.82, 2.24) is 15.5 Å². The molecule has 2 aliphatic rings. The Morgan fingerprint density at radius 3 is 2.21 bits per heavy atom. The summed E-state index contributed by atoms with van der Waals surface area (Å²) < 4.78 is 0. The van der Waals surface area contributed by atoms with Gasteiger partial charge in [0.05, 0.1) is 6.04 Å². The van der Waals surface area contributed by atoms with Gasteiger partial charge in [0.15, 0.2) is 0 Å². The Balaban J connectivity index is 1.72. The molecule has 2 fully saturated rings. The standard InChI is InChI=1S/C14H25N3O2/c1-17-10-12(9-13(17)18)16-14(19)15-11-7-5-3-2-4-6-8-11/h11-12H,2-10H2,1H3,(H2,15,16,19). The fourth-order valence-corrected chi connectivity index (χ4v) is 2.97. The fraction of sp³-hybridized carbons (Fsp3) is 0.857. The van der Waals surface area contributed by atoms with Crippen molar-refractivity contribution in [3.8, 4) is 0 Å². The summed E-state index contributed by atoms with van der Waals surface area (Å²) in [5.74, 6) is 0.108. The van der Waals surface area contributed by atoms with Gasteiger partial charge in [0.1, 0.15) is 0 Å². The van der Waals surface area contributed by atoms with Gasteiger partial charge in [0.25, 0.3) is 0 Å². The van der Waals surface area contributed by atoms with Crippen molar-refractivity contribution in [3.63, 3.8) is 0 Å². The van der Waals surface area contributed by atoms with Crippen LogP contribution in [-0.4, -0.2) is 42.5 Å². The third-order valence-corrected chi connectivity index (χ3v) is 4.12. The molecule has 1 heterocycles. The average Bonchev–Trinajstić information content (AvgIpc) is 2.61. The molecule has 3 amide bonds. The van der Waals surface area contributed by atoms with Crippen molar-refractivity contribution in [2.24, 2.45) is 0 Å². The van der Waals surface area contributed by atoms with E-state index in [9.17, 15) is 9.59 Å². The van der Waals surface area contributed by atoms with E-state index in [-0.39, 0.29) is 18.0 Å². The summed E-state index contributed by atoms with van der Waals surface area (Å²) >= 11 is 0. The van der Waals surface area contributed by atoms with E-state index < -0.39 is 0 Å². The Bertz CT molecular complexity index is 325. The molecule has 0 bridgehead atoms. The molecule has 5 heteroatoms. The second-order valence-corrected chi connectivity index (χ2v) is 5.84. The first kappa shape index (κ1) is 14.2. The molecule has 0 radical (unpaired) electrons. The highest BCUT2D eigenvalue weighted by Gasteiger charge is 2.28. The second kappa shape index (κ2) is 6.78. The smallest absolute Gasteiger partial charge is 0.315 e. The number of likely N-dealkylation sites (N-methyl/N-ethyl adjacent to an activating group) is 1. The lowest BCUT2D eigenvalue weighted by Gasteiger charge is -2.22. The van der Waals surface area contributed by atoms with Crippen LogP contribution in [0.5, 0.6) is 0 Å². The van der Waals surface area contributed by atoms with Gasteiger partial charge in [-0.15, -0.1) is 0 Å². The van der Waals surface area contributed by atoms with Crippen molar-refractivity contribution in [3.05, 3.63) is 0 Å². The van der Waals surface area contributed by atoms with Gasteiger partial charge in [-0.1, -0.05) is 32.1 Å². The SMILES string of the molecule is CN1CC(NC(=O)NC2CCCCCCC2)CC1=O. The van der Waals surface area contributed by atoms with E-state index in [1.165, 1.54) is 32.1 Å². The minimum Gasteiger partial charge on any atom is -0.344 e. The summed E-state index contributed by atoms with van der Waals surface area (Å²) in [5, 5.41) is 5.97. The van der Waals surface area contributed by atoms with Crippen LogP contribution in [-0.2, 0) is 4.79 Å². The normalized spacial score (nSPS) is 25.8. The van der Waals surface area contributed by atoms with Gasteiger partial charge >= 0.3 is 6.03 Å². The lowest BCUT2D eigenvalue weighted by atomic mass is 9.97. The summed E-state index contributed by atoms with van der Waals surface area (Å²) in [6.07, 6.45) is 8.88. The molecule has 1 saturated carbocycles. The van der Waals surface area contributed by atoms with Gasteiger partial charge in [0.2, 0.25) is 5.91 Å². The van der Waals surface area contributed by atoms with Gasteiger partial charge in [0, 0.05) is 26.1 Å². The lowest BCUT2D eigenvalue weighted by molar-refractivity contribution is -0.126. The molecule has 19 heavy (non-hydrogen) atoms. The van der Waals surface area contributed by atoms with Gasteiger partial charge in [-0.3, -0.25) is 4.79 Å². The van der Waals surface area contributed by atoms with E-state index in [0.717, 1.165) is 12.8 Å². The number of nitrogens with zero attached hydrogens (tertiary/aromatic N) is 1. The molecular formula is C14H25N3O2. The summed E-state index contributed by atoms with van der Waals surface area (Å²) in [6.45, 7) is 0.622. The number of likely N-dealkylation sites (tertiary alicyclic amines) is 1. The highest BCUT2D eigenvalue weighted by atomic mass is 16.2. The molecule has 5 nitrogen and oxygen atoms in total. The highest BCUT2D eigenvalue weighted by molar-refractivity contribution is 5.81. The molecule has 1 aliphatic carbocycles. The zero-order chi connectivity index (χ0) is 13.7. The van der Waals surface area contributed by atoms with E-state index in [4.69, 9.17) is 0 Å². The topological polar surface area (TPSA) is 61.4 Å². The van der Waals surface area contributed by atoms with Crippen LogP contribution in [0.25, 0.3) is 0 Å². The predicted octanol–water partition coefficient (Wildman–Crippen LogP) is 1.63. The molecule has 2 N–H and O–H groups in total. The monoisotopic (exact) mass is 267 g/mol. The maximum absolute atomic E-state index is 11.9. The van der Waals surface area contributed by atoms with Crippen LogP contribution in [0.15, 0.2) is 0 Å². The Kier molecular flexibility index (Phi) is 5.05. The van der Waals surface area contributed by atoms with Gasteiger partial charge in [-0.05, 0) is 12.8 Å². The van der Waals surface area contributed by atoms with Crippen LogP contribution in [0.2, 0.25) is 0 Å². The fourth-order valence-electron chi connectivity index (χ4n) is 2.97. The van der Waals surface area contributed by atoms with Crippen LogP contribution in [0.1, 0.15) is 51.4 Å². The largest absolute Gasteiger partial charge is 0.344 e. The maximum Gasteiger partial charge on any atom is 0.315 e. The van der Waals surface area contributed by atoms with E-state index in [2.05, 4.69) is 10.6 Å². The quantitative estimate of drug-likeness (QED) is 0.799. The number of carbonyl (C=O) groups is 2. The Morgan fingerprint density at radius 1 is 1.05 bits per heavy atom. The first-order chi connectivity index (χ1) is 9.15. The summed E-state index contributed by atoms with van der Waals surface area (Å²) in [7, 11) is 1.77. The van der Waals surface area contributed by atoms with E-state index in [0.29, 0.717) is 19.0 Å². The van der Waals surface area contributed by atoms with E-state index in [1.807, 2.05) is 0 Å². The number of carbonyl (C=O) groups excluding carboxylic acids is 2. The number of rotatable bonds is 2. The molecule has 0 aromatic carbocycles. The predicted molar refractivity (Wildman–Crippen MR) is 73.8 cm³/mol. The van der Waals surface area contributed by atoms with Crippen LogP contribution in [0.4, 0.5) is 4.79 Å². The third kappa shape index (κ3) is 4.40. The first-order valence-corrected chi connectivity index (χ1v) is 7.46. The van der Waals surface area contributed by atoms with Crippen molar-refractivity contribution in [1.29, 1.82) is 0 Å². The van der Waals surface area contributed by atoms with Gasteiger partial charge < -0.3 is 15.5 Å². The van der Waals surface area contributed by atoms with Crippen LogP contribution < -0.4 is 10.6 Å². The third-order valence-electron chi connectivity index (χ3n) is 4.12. The summed E-state index contributed by atoms with van der Waals surface area (Å²) in [6, 6.07) is 0.153. The summed E-state index contributed by atoms with van der Waals surface area (Å²) in [5.41, 5.74) is 0. The van der Waals surface area contributed by atoms with Crippen molar-refractivity contribution >= 4 is 11.9 Å². The van der Waals surface area contributed by atoms with Crippen LogP contribution in [0, 0.1) is 0 Å². The molecule has 1 unspecified atom stereocenters. The molecule has 1 atom stereocenters. The first-order valence-electron chi connectivity index (χ1n) is 7.46. The number of nitrogens with one attached hydrogen (secondary N) is 2. The van der Waals surface area contributed by atoms with Gasteiger partial charge in [-0.2, -0.15) is 0 Å². The molecule has 0 aromatic rings. The molecule has 108 valence electrons. The number of hydrogen-bond acceptors (Lipinski definition) is 2. The number of urea groups is 1. The van der Waals surface area contributed by atoms with Crippen molar-refractivity contribution in [2.75, 3.05) is 13.6 Å². The molecule has 1 aliphatic heterocycles. The van der Waals surface area contributed by atoms with Gasteiger partial charge in [-0.25, -0.2) is 4.79 Å².